The van der Waals surface area contributed by atoms with Gasteiger partial charge in [0.2, 0.25) is 5.91 Å². The van der Waals surface area contributed by atoms with Crippen LogP contribution in [-0.4, -0.2) is 43.2 Å². The van der Waals surface area contributed by atoms with Gasteiger partial charge in [-0.2, -0.15) is 0 Å². The molecule has 4 nitrogen and oxygen atoms in total. The van der Waals surface area contributed by atoms with Gasteiger partial charge in [0.15, 0.2) is 0 Å². The van der Waals surface area contributed by atoms with Gasteiger partial charge >= 0.3 is 0 Å². The maximum Gasteiger partial charge on any atom is 0.222 e. The number of ether oxygens (including phenoxy) is 1. The fourth-order valence-electron chi connectivity index (χ4n) is 2.93. The molecule has 0 radical (unpaired) electrons. The number of rotatable bonds is 6. The average molecular weight is 357 g/mol. The molecule has 1 N–H and O–H groups in total. The minimum absolute atomic E-state index is 0.0173. The molecule has 134 valence electrons. The van der Waals surface area contributed by atoms with Crippen LogP contribution in [0.15, 0.2) is 18.2 Å². The van der Waals surface area contributed by atoms with E-state index in [1.165, 1.54) is 6.07 Å². The molecule has 6 heteroatoms. The van der Waals surface area contributed by atoms with E-state index in [0.29, 0.717) is 36.8 Å². The molecule has 0 aliphatic carbocycles. The van der Waals surface area contributed by atoms with Crippen LogP contribution in [0.25, 0.3) is 0 Å². The molecule has 1 aromatic rings. The van der Waals surface area contributed by atoms with Gasteiger partial charge in [-0.3, -0.25) is 9.69 Å². The minimum atomic E-state index is -0.343. The molecular formula is C18H26ClFN2O2. The van der Waals surface area contributed by atoms with Crippen molar-refractivity contribution in [2.45, 2.75) is 39.3 Å². The molecule has 1 aromatic carbocycles. The number of amides is 1. The van der Waals surface area contributed by atoms with E-state index >= 15 is 0 Å². The van der Waals surface area contributed by atoms with E-state index < -0.39 is 0 Å². The summed E-state index contributed by atoms with van der Waals surface area (Å²) in [5.74, 6) is -0.425. The van der Waals surface area contributed by atoms with Gasteiger partial charge in [0.05, 0.1) is 18.8 Å². The topological polar surface area (TPSA) is 41.6 Å². The number of carbonyl (C=O) groups is 1. The Morgan fingerprint density at radius 2 is 2.29 bits per heavy atom. The Bertz CT molecular complexity index is 550. The Morgan fingerprint density at radius 1 is 1.54 bits per heavy atom. The van der Waals surface area contributed by atoms with Crippen LogP contribution in [-0.2, 0) is 9.53 Å². The van der Waals surface area contributed by atoms with Gasteiger partial charge in [0.25, 0.3) is 0 Å². The molecule has 1 aliphatic heterocycles. The van der Waals surface area contributed by atoms with E-state index in [1.54, 1.807) is 12.1 Å². The zero-order valence-electron chi connectivity index (χ0n) is 14.5. The van der Waals surface area contributed by atoms with E-state index in [1.807, 2.05) is 20.8 Å². The molecule has 3 atom stereocenters. The molecule has 0 bridgehead atoms. The highest BCUT2D eigenvalue weighted by molar-refractivity contribution is 6.31. The van der Waals surface area contributed by atoms with Gasteiger partial charge < -0.3 is 10.1 Å². The molecule has 1 amide bonds. The van der Waals surface area contributed by atoms with E-state index in [9.17, 15) is 9.18 Å². The molecule has 1 heterocycles. The van der Waals surface area contributed by atoms with Crippen LogP contribution in [0.2, 0.25) is 5.02 Å². The van der Waals surface area contributed by atoms with Crippen molar-refractivity contribution in [3.8, 4) is 0 Å². The van der Waals surface area contributed by atoms with E-state index in [4.69, 9.17) is 16.3 Å². The summed E-state index contributed by atoms with van der Waals surface area (Å²) in [6, 6.07) is 4.39. The first-order valence-electron chi connectivity index (χ1n) is 8.51. The molecule has 0 unspecified atom stereocenters. The van der Waals surface area contributed by atoms with Crippen molar-refractivity contribution >= 4 is 17.5 Å². The zero-order valence-corrected chi connectivity index (χ0v) is 15.3. The minimum Gasteiger partial charge on any atom is -0.376 e. The molecule has 2 rings (SSSR count). The number of hydrogen-bond acceptors (Lipinski definition) is 3. The van der Waals surface area contributed by atoms with Crippen molar-refractivity contribution in [3.05, 3.63) is 34.6 Å². The van der Waals surface area contributed by atoms with E-state index in [0.717, 1.165) is 6.42 Å². The molecule has 1 fully saturated rings. The van der Waals surface area contributed by atoms with Crippen molar-refractivity contribution < 1.29 is 13.9 Å². The molecule has 1 saturated heterocycles. The van der Waals surface area contributed by atoms with Gasteiger partial charge in [0.1, 0.15) is 5.82 Å². The van der Waals surface area contributed by atoms with Crippen LogP contribution in [0.5, 0.6) is 0 Å². The molecule has 0 spiro atoms. The smallest absolute Gasteiger partial charge is 0.222 e. The number of benzene rings is 1. The summed E-state index contributed by atoms with van der Waals surface area (Å²) in [5, 5.41) is 3.34. The Hall–Kier alpha value is -1.17. The van der Waals surface area contributed by atoms with Gasteiger partial charge in [-0.15, -0.1) is 0 Å². The van der Waals surface area contributed by atoms with E-state index in [-0.39, 0.29) is 29.8 Å². The van der Waals surface area contributed by atoms with Crippen molar-refractivity contribution in [1.29, 1.82) is 0 Å². The molecular weight excluding hydrogens is 331 g/mol. The Kier molecular flexibility index (Phi) is 7.02. The molecule has 1 aliphatic rings. The Morgan fingerprint density at radius 3 is 2.92 bits per heavy atom. The number of hydrogen-bond donors (Lipinski definition) is 1. The fourth-order valence-corrected chi connectivity index (χ4v) is 3.22. The van der Waals surface area contributed by atoms with Gasteiger partial charge in [-0.05, 0) is 25.5 Å². The summed E-state index contributed by atoms with van der Waals surface area (Å²) < 4.78 is 20.0. The summed E-state index contributed by atoms with van der Waals surface area (Å²) in [5.41, 5.74) is 0.442. The maximum absolute atomic E-state index is 14.4. The number of morpholine rings is 1. The second kappa shape index (κ2) is 8.79. The summed E-state index contributed by atoms with van der Waals surface area (Å²) in [4.78, 5) is 14.3. The largest absolute Gasteiger partial charge is 0.376 e. The lowest BCUT2D eigenvalue weighted by Gasteiger charge is -2.38. The van der Waals surface area contributed by atoms with Gasteiger partial charge in [-0.25, -0.2) is 4.39 Å². The summed E-state index contributed by atoms with van der Waals surface area (Å²) in [6.07, 6.45) is 0.836. The zero-order chi connectivity index (χ0) is 17.7. The van der Waals surface area contributed by atoms with Gasteiger partial charge in [0, 0.05) is 36.1 Å². The fraction of sp³-hybridized carbons (Fsp3) is 0.611. The van der Waals surface area contributed by atoms with Crippen LogP contribution in [0.3, 0.4) is 0 Å². The lowest BCUT2D eigenvalue weighted by Crippen LogP contribution is -2.47. The summed E-state index contributed by atoms with van der Waals surface area (Å²) in [7, 11) is 0. The normalized spacial score (nSPS) is 21.3. The highest BCUT2D eigenvalue weighted by Crippen LogP contribution is 2.31. The molecule has 24 heavy (non-hydrogen) atoms. The Balaban J connectivity index is 2.23. The van der Waals surface area contributed by atoms with E-state index in [2.05, 4.69) is 10.2 Å². The highest BCUT2D eigenvalue weighted by Gasteiger charge is 2.29. The number of nitrogens with one attached hydrogen (secondary N) is 1. The van der Waals surface area contributed by atoms with Crippen LogP contribution in [0, 0.1) is 11.7 Å². The standard InChI is InChI=1S/C18H26ClFN2O2/c1-4-12(2)18(23)21-10-16(22-8-9-24-13(3)11-22)17-14(19)6-5-7-15(17)20/h5-7,12-13,16H,4,8-11H2,1-3H3,(H,21,23)/t12-,13-,16-/m0/s1. The first kappa shape index (κ1) is 19.2. The van der Waals surface area contributed by atoms with Crippen molar-refractivity contribution in [1.82, 2.24) is 10.2 Å². The second-order valence-electron chi connectivity index (χ2n) is 6.38. The van der Waals surface area contributed by atoms with Crippen molar-refractivity contribution in [3.63, 3.8) is 0 Å². The quantitative estimate of drug-likeness (QED) is 0.849. The lowest BCUT2D eigenvalue weighted by atomic mass is 10.0. The number of nitrogens with zero attached hydrogens (tertiary/aromatic N) is 1. The lowest BCUT2D eigenvalue weighted by molar-refractivity contribution is -0.125. The molecule has 0 saturated carbocycles. The third-order valence-corrected chi connectivity index (χ3v) is 4.91. The number of carbonyl (C=O) groups excluding carboxylic acids is 1. The molecule has 0 aromatic heterocycles. The van der Waals surface area contributed by atoms with Crippen LogP contribution < -0.4 is 5.32 Å². The maximum atomic E-state index is 14.4. The first-order chi connectivity index (χ1) is 11.4. The van der Waals surface area contributed by atoms with Crippen LogP contribution >= 0.6 is 11.6 Å². The monoisotopic (exact) mass is 356 g/mol. The highest BCUT2D eigenvalue weighted by atomic mass is 35.5. The van der Waals surface area contributed by atoms with Crippen molar-refractivity contribution in [2.24, 2.45) is 5.92 Å². The van der Waals surface area contributed by atoms with Crippen LogP contribution in [0.4, 0.5) is 4.39 Å². The third kappa shape index (κ3) is 4.68. The second-order valence-corrected chi connectivity index (χ2v) is 6.79. The predicted octanol–water partition coefficient (Wildman–Crippen LogP) is 3.40. The summed E-state index contributed by atoms with van der Waals surface area (Å²) >= 11 is 6.27. The first-order valence-corrected chi connectivity index (χ1v) is 8.89. The predicted molar refractivity (Wildman–Crippen MR) is 93.6 cm³/mol. The van der Waals surface area contributed by atoms with Crippen molar-refractivity contribution in [2.75, 3.05) is 26.2 Å². The summed E-state index contributed by atoms with van der Waals surface area (Å²) in [6.45, 7) is 8.12. The average Bonchev–Trinajstić information content (AvgIpc) is 2.56. The van der Waals surface area contributed by atoms with Gasteiger partial charge in [-0.1, -0.05) is 31.5 Å². The third-order valence-electron chi connectivity index (χ3n) is 4.58. The SMILES string of the molecule is CC[C@H](C)C(=O)NC[C@@H](c1c(F)cccc1Cl)N1CCO[C@@H](C)C1. The number of halogens is 2. The Labute approximate surface area is 148 Å². The van der Waals surface area contributed by atoms with Crippen LogP contribution in [0.1, 0.15) is 38.8 Å².